The second-order valence-corrected chi connectivity index (χ2v) is 6.01. The third-order valence-corrected chi connectivity index (χ3v) is 4.39. The summed E-state index contributed by atoms with van der Waals surface area (Å²) in [6.45, 7) is 4.56. The summed E-state index contributed by atoms with van der Waals surface area (Å²) < 4.78 is 1.56. The molecule has 0 aromatic carbocycles. The van der Waals surface area contributed by atoms with Crippen molar-refractivity contribution in [2.75, 3.05) is 6.54 Å². The zero-order chi connectivity index (χ0) is 15.2. The molecule has 1 aliphatic rings. The van der Waals surface area contributed by atoms with E-state index in [1.54, 1.807) is 17.8 Å². The maximum absolute atomic E-state index is 12.0. The first-order valence-corrected chi connectivity index (χ1v) is 7.87. The summed E-state index contributed by atoms with van der Waals surface area (Å²) in [5, 5.41) is 2.91. The highest BCUT2D eigenvalue weighted by Crippen LogP contribution is 2.25. The molecule has 1 aliphatic carbocycles. The molecule has 5 heteroatoms. The van der Waals surface area contributed by atoms with Crippen molar-refractivity contribution in [3.05, 3.63) is 27.9 Å². The van der Waals surface area contributed by atoms with Crippen LogP contribution in [0.1, 0.15) is 49.8 Å². The molecular formula is C16H25N3O2. The van der Waals surface area contributed by atoms with Crippen LogP contribution in [0.25, 0.3) is 0 Å². The predicted octanol–water partition coefficient (Wildman–Crippen LogP) is 1.95. The van der Waals surface area contributed by atoms with E-state index in [0.29, 0.717) is 31.0 Å². The number of hydrogen-bond donors (Lipinski definition) is 1. The van der Waals surface area contributed by atoms with Crippen LogP contribution in [0.15, 0.2) is 11.1 Å². The second-order valence-electron chi connectivity index (χ2n) is 6.01. The Hall–Kier alpha value is -1.65. The van der Waals surface area contributed by atoms with Crippen LogP contribution < -0.4 is 10.9 Å². The van der Waals surface area contributed by atoms with Crippen LogP contribution in [0, 0.1) is 19.8 Å². The van der Waals surface area contributed by atoms with Crippen LogP contribution in [0.3, 0.4) is 0 Å². The molecule has 0 atom stereocenters. The molecule has 1 N–H and O–H groups in total. The van der Waals surface area contributed by atoms with Crippen LogP contribution >= 0.6 is 0 Å². The molecule has 116 valence electrons. The molecule has 0 radical (unpaired) electrons. The average Bonchev–Trinajstić information content (AvgIpc) is 2.48. The molecule has 21 heavy (non-hydrogen) atoms. The molecule has 0 unspecified atom stereocenters. The highest BCUT2D eigenvalue weighted by Gasteiger charge is 2.16. The Morgan fingerprint density at radius 2 is 2.05 bits per heavy atom. The maximum atomic E-state index is 12.0. The summed E-state index contributed by atoms with van der Waals surface area (Å²) in [4.78, 5) is 28.1. The first kappa shape index (κ1) is 15.7. The smallest absolute Gasteiger partial charge is 0.256 e. The zero-order valence-corrected chi connectivity index (χ0v) is 13.0. The predicted molar refractivity (Wildman–Crippen MR) is 82.2 cm³/mol. The van der Waals surface area contributed by atoms with Gasteiger partial charge in [-0.2, -0.15) is 0 Å². The Balaban J connectivity index is 1.77. The van der Waals surface area contributed by atoms with E-state index < -0.39 is 0 Å². The van der Waals surface area contributed by atoms with E-state index in [-0.39, 0.29) is 11.5 Å². The lowest BCUT2D eigenvalue weighted by molar-refractivity contribution is -0.122. The summed E-state index contributed by atoms with van der Waals surface area (Å²) in [6, 6.07) is 0. The van der Waals surface area contributed by atoms with Gasteiger partial charge >= 0.3 is 0 Å². The molecule has 1 heterocycles. The fraction of sp³-hybridized carbons (Fsp3) is 0.688. The van der Waals surface area contributed by atoms with Crippen LogP contribution in [0.4, 0.5) is 0 Å². The fourth-order valence-electron chi connectivity index (χ4n) is 2.88. The van der Waals surface area contributed by atoms with Crippen molar-refractivity contribution < 1.29 is 4.79 Å². The van der Waals surface area contributed by atoms with Gasteiger partial charge in [0.25, 0.3) is 5.56 Å². The van der Waals surface area contributed by atoms with E-state index in [2.05, 4.69) is 10.3 Å². The minimum absolute atomic E-state index is 0.0240. The van der Waals surface area contributed by atoms with E-state index >= 15 is 0 Å². The van der Waals surface area contributed by atoms with Gasteiger partial charge in [-0.3, -0.25) is 14.2 Å². The van der Waals surface area contributed by atoms with Crippen molar-refractivity contribution in [3.8, 4) is 0 Å². The highest BCUT2D eigenvalue weighted by molar-refractivity contribution is 5.76. The number of nitrogens with one attached hydrogen (secondary N) is 1. The maximum Gasteiger partial charge on any atom is 0.256 e. The summed E-state index contributed by atoms with van der Waals surface area (Å²) in [5.41, 5.74) is 1.41. The van der Waals surface area contributed by atoms with Gasteiger partial charge in [-0.1, -0.05) is 19.3 Å². The van der Waals surface area contributed by atoms with E-state index in [1.807, 2.05) is 6.92 Å². The standard InChI is InChI=1S/C16H25N3O2/c1-12-13(2)18-11-19(16(12)21)9-8-17-15(20)10-14-6-4-3-5-7-14/h11,14H,3-10H2,1-2H3,(H,17,20). The molecule has 1 aromatic heterocycles. The normalized spacial score (nSPS) is 15.9. The third kappa shape index (κ3) is 4.41. The van der Waals surface area contributed by atoms with Gasteiger partial charge in [-0.05, 0) is 32.6 Å². The number of hydrogen-bond acceptors (Lipinski definition) is 3. The average molecular weight is 291 g/mol. The van der Waals surface area contributed by atoms with Gasteiger partial charge < -0.3 is 5.32 Å². The Labute approximate surface area is 125 Å². The molecule has 2 rings (SSSR count). The molecular weight excluding hydrogens is 266 g/mol. The van der Waals surface area contributed by atoms with E-state index in [0.717, 1.165) is 5.69 Å². The van der Waals surface area contributed by atoms with E-state index in [9.17, 15) is 9.59 Å². The molecule has 0 spiro atoms. The molecule has 0 bridgehead atoms. The molecule has 1 amide bonds. The monoisotopic (exact) mass is 291 g/mol. The lowest BCUT2D eigenvalue weighted by atomic mass is 9.87. The first-order chi connectivity index (χ1) is 10.1. The van der Waals surface area contributed by atoms with Gasteiger partial charge in [-0.15, -0.1) is 0 Å². The topological polar surface area (TPSA) is 64.0 Å². The van der Waals surface area contributed by atoms with Crippen molar-refractivity contribution in [2.45, 2.75) is 58.9 Å². The lowest BCUT2D eigenvalue weighted by Gasteiger charge is -2.20. The minimum Gasteiger partial charge on any atom is -0.354 e. The molecule has 0 aliphatic heterocycles. The number of nitrogens with zero attached hydrogens (tertiary/aromatic N) is 2. The number of aromatic nitrogens is 2. The van der Waals surface area contributed by atoms with Gasteiger partial charge in [0.15, 0.2) is 0 Å². The fourth-order valence-corrected chi connectivity index (χ4v) is 2.88. The summed E-state index contributed by atoms with van der Waals surface area (Å²) in [6.07, 6.45) is 8.34. The molecule has 1 aromatic rings. The molecule has 0 saturated heterocycles. The Morgan fingerprint density at radius 1 is 1.33 bits per heavy atom. The van der Waals surface area contributed by atoms with E-state index in [1.165, 1.54) is 32.1 Å². The molecule has 5 nitrogen and oxygen atoms in total. The van der Waals surface area contributed by atoms with Crippen LogP contribution in [-0.4, -0.2) is 22.0 Å². The van der Waals surface area contributed by atoms with Crippen molar-refractivity contribution in [1.82, 2.24) is 14.9 Å². The largest absolute Gasteiger partial charge is 0.354 e. The van der Waals surface area contributed by atoms with Gasteiger partial charge in [0, 0.05) is 30.8 Å². The van der Waals surface area contributed by atoms with Gasteiger partial charge in [0.1, 0.15) is 0 Å². The summed E-state index contributed by atoms with van der Waals surface area (Å²) >= 11 is 0. The van der Waals surface area contributed by atoms with Crippen molar-refractivity contribution in [1.29, 1.82) is 0 Å². The van der Waals surface area contributed by atoms with Gasteiger partial charge in [0.05, 0.1) is 6.33 Å². The van der Waals surface area contributed by atoms with Crippen molar-refractivity contribution in [3.63, 3.8) is 0 Å². The number of carbonyl (C=O) groups excluding carboxylic acids is 1. The van der Waals surface area contributed by atoms with Crippen molar-refractivity contribution in [2.24, 2.45) is 5.92 Å². The number of amides is 1. The Bertz CT molecular complexity index is 545. The van der Waals surface area contributed by atoms with Gasteiger partial charge in [-0.25, -0.2) is 4.98 Å². The second kappa shape index (κ2) is 7.38. The Kier molecular flexibility index (Phi) is 5.53. The van der Waals surface area contributed by atoms with Crippen LogP contribution in [0.2, 0.25) is 0 Å². The molecule has 1 fully saturated rings. The summed E-state index contributed by atoms with van der Waals surface area (Å²) in [5.74, 6) is 0.650. The number of rotatable bonds is 5. The van der Waals surface area contributed by atoms with Gasteiger partial charge in [0.2, 0.25) is 5.91 Å². The van der Waals surface area contributed by atoms with Crippen LogP contribution in [-0.2, 0) is 11.3 Å². The Morgan fingerprint density at radius 3 is 2.76 bits per heavy atom. The summed E-state index contributed by atoms with van der Waals surface area (Å²) in [7, 11) is 0. The van der Waals surface area contributed by atoms with Crippen molar-refractivity contribution >= 4 is 5.91 Å². The van der Waals surface area contributed by atoms with Crippen LogP contribution in [0.5, 0.6) is 0 Å². The minimum atomic E-state index is -0.0240. The molecule has 1 saturated carbocycles. The number of carbonyl (C=O) groups is 1. The zero-order valence-electron chi connectivity index (χ0n) is 13.0. The number of aryl methyl sites for hydroxylation is 1. The van der Waals surface area contributed by atoms with E-state index in [4.69, 9.17) is 0 Å². The first-order valence-electron chi connectivity index (χ1n) is 7.87. The highest BCUT2D eigenvalue weighted by atomic mass is 16.1. The quantitative estimate of drug-likeness (QED) is 0.902. The third-order valence-electron chi connectivity index (χ3n) is 4.39. The SMILES string of the molecule is Cc1ncn(CCNC(=O)CC2CCCCC2)c(=O)c1C. The lowest BCUT2D eigenvalue weighted by Crippen LogP contribution is -2.33.